The second-order valence-corrected chi connectivity index (χ2v) is 5.91. The first-order valence-electron chi connectivity index (χ1n) is 7.05. The summed E-state index contributed by atoms with van der Waals surface area (Å²) in [5.41, 5.74) is 1.28. The van der Waals surface area contributed by atoms with Gasteiger partial charge in [0, 0.05) is 19.2 Å². The lowest BCUT2D eigenvalue weighted by atomic mass is 10.2. The first-order chi connectivity index (χ1) is 9.29. The van der Waals surface area contributed by atoms with Gasteiger partial charge in [0.05, 0.1) is 11.1 Å². The van der Waals surface area contributed by atoms with Crippen LogP contribution < -0.4 is 10.1 Å². The molecular weight excluding hydrogens is 306 g/mol. The van der Waals surface area contributed by atoms with Gasteiger partial charge in [0.1, 0.15) is 5.75 Å². The van der Waals surface area contributed by atoms with Crippen LogP contribution >= 0.6 is 15.9 Å². The van der Waals surface area contributed by atoms with Crippen molar-refractivity contribution in [2.45, 2.75) is 44.7 Å². The second-order valence-electron chi connectivity index (χ2n) is 5.05. The Morgan fingerprint density at radius 1 is 1.26 bits per heavy atom. The van der Waals surface area contributed by atoms with Gasteiger partial charge in [-0.25, -0.2) is 0 Å². The van der Waals surface area contributed by atoms with E-state index in [-0.39, 0.29) is 6.61 Å². The van der Waals surface area contributed by atoms with Crippen molar-refractivity contribution in [3.63, 3.8) is 0 Å². The van der Waals surface area contributed by atoms with E-state index in [9.17, 15) is 0 Å². The summed E-state index contributed by atoms with van der Waals surface area (Å²) in [5, 5.41) is 12.2. The summed E-state index contributed by atoms with van der Waals surface area (Å²) in [6.45, 7) is 1.91. The fourth-order valence-electron chi connectivity index (χ4n) is 1.89. The van der Waals surface area contributed by atoms with Crippen molar-refractivity contribution in [1.29, 1.82) is 0 Å². The van der Waals surface area contributed by atoms with E-state index in [1.807, 2.05) is 6.07 Å². The van der Waals surface area contributed by atoms with E-state index >= 15 is 0 Å². The summed E-state index contributed by atoms with van der Waals surface area (Å²) in [6.07, 6.45) is 5.48. The molecule has 0 aliphatic heterocycles. The molecule has 3 nitrogen and oxygen atoms in total. The van der Waals surface area contributed by atoms with Crippen LogP contribution in [0.5, 0.6) is 5.75 Å². The Morgan fingerprint density at radius 2 is 2.11 bits per heavy atom. The molecule has 0 spiro atoms. The lowest BCUT2D eigenvalue weighted by Gasteiger charge is -2.10. The molecule has 0 saturated heterocycles. The molecule has 2 rings (SSSR count). The third kappa shape index (κ3) is 5.51. The van der Waals surface area contributed by atoms with Crippen molar-refractivity contribution in [3.05, 3.63) is 28.2 Å². The molecule has 2 N–H and O–H groups in total. The predicted octanol–water partition coefficient (Wildman–Crippen LogP) is 3.24. The second kappa shape index (κ2) is 7.88. The molecule has 1 aromatic carbocycles. The number of ether oxygens (including phenoxy) is 1. The van der Waals surface area contributed by atoms with Gasteiger partial charge >= 0.3 is 0 Å². The number of aliphatic hydroxyl groups excluding tert-OH is 1. The van der Waals surface area contributed by atoms with E-state index in [1.54, 1.807) is 0 Å². The molecule has 1 aliphatic carbocycles. The Balaban J connectivity index is 1.73. The molecule has 0 aromatic heterocycles. The third-order valence-electron chi connectivity index (χ3n) is 3.23. The van der Waals surface area contributed by atoms with Crippen molar-refractivity contribution in [2.75, 3.05) is 13.2 Å². The normalized spacial score (nSPS) is 14.6. The van der Waals surface area contributed by atoms with Crippen LogP contribution in [0, 0.1) is 0 Å². The van der Waals surface area contributed by atoms with Gasteiger partial charge in [0.25, 0.3) is 0 Å². The first-order valence-corrected chi connectivity index (χ1v) is 7.84. The maximum atomic E-state index is 8.70. The van der Waals surface area contributed by atoms with Gasteiger partial charge in [-0.1, -0.05) is 6.07 Å². The van der Waals surface area contributed by atoms with Crippen LogP contribution in [0.25, 0.3) is 0 Å². The fraction of sp³-hybridized carbons (Fsp3) is 0.600. The molecule has 0 bridgehead atoms. The summed E-state index contributed by atoms with van der Waals surface area (Å²) in [6, 6.07) is 7.00. The Morgan fingerprint density at radius 3 is 2.79 bits per heavy atom. The molecule has 1 saturated carbocycles. The molecule has 0 heterocycles. The van der Waals surface area contributed by atoms with Crippen LogP contribution in [-0.2, 0) is 6.54 Å². The van der Waals surface area contributed by atoms with Crippen LogP contribution in [-0.4, -0.2) is 24.4 Å². The lowest BCUT2D eigenvalue weighted by molar-refractivity contribution is 0.265. The minimum atomic E-state index is 0.270. The predicted molar refractivity (Wildman–Crippen MR) is 80.4 cm³/mol. The van der Waals surface area contributed by atoms with Gasteiger partial charge in [-0.15, -0.1) is 0 Å². The molecule has 1 aliphatic rings. The van der Waals surface area contributed by atoms with Gasteiger partial charge in [0.2, 0.25) is 0 Å². The van der Waals surface area contributed by atoms with E-state index in [0.717, 1.165) is 42.1 Å². The Labute approximate surface area is 123 Å². The number of benzene rings is 1. The van der Waals surface area contributed by atoms with Crippen molar-refractivity contribution < 1.29 is 9.84 Å². The fourth-order valence-corrected chi connectivity index (χ4v) is 2.43. The van der Waals surface area contributed by atoms with E-state index in [1.165, 1.54) is 18.4 Å². The molecular formula is C15H22BrNO2. The van der Waals surface area contributed by atoms with Gasteiger partial charge in [-0.05, 0) is 65.7 Å². The Hall–Kier alpha value is -0.580. The van der Waals surface area contributed by atoms with E-state index < -0.39 is 0 Å². The summed E-state index contributed by atoms with van der Waals surface area (Å²) in [5.74, 6) is 0.902. The number of rotatable bonds is 9. The molecule has 0 unspecified atom stereocenters. The number of hydrogen-bond donors (Lipinski definition) is 2. The highest BCUT2D eigenvalue weighted by Gasteiger charge is 2.19. The lowest BCUT2D eigenvalue weighted by Crippen LogP contribution is -2.15. The molecule has 0 amide bonds. The molecule has 1 aromatic rings. The highest BCUT2D eigenvalue weighted by atomic mass is 79.9. The van der Waals surface area contributed by atoms with E-state index in [0.29, 0.717) is 6.61 Å². The van der Waals surface area contributed by atoms with Gasteiger partial charge < -0.3 is 15.2 Å². The zero-order valence-corrected chi connectivity index (χ0v) is 12.8. The first kappa shape index (κ1) is 14.8. The third-order valence-corrected chi connectivity index (χ3v) is 3.85. The Bertz CT molecular complexity index is 394. The monoisotopic (exact) mass is 327 g/mol. The standard InChI is InChI=1S/C15H22BrNO2/c16-14-10-12(11-17-13-5-6-13)4-7-15(14)19-9-3-1-2-8-18/h4,7,10,13,17-18H,1-3,5-6,8-9,11H2. The molecule has 4 heteroatoms. The maximum Gasteiger partial charge on any atom is 0.133 e. The molecule has 0 radical (unpaired) electrons. The van der Waals surface area contributed by atoms with E-state index in [4.69, 9.17) is 9.84 Å². The van der Waals surface area contributed by atoms with Crippen molar-refractivity contribution in [1.82, 2.24) is 5.32 Å². The largest absolute Gasteiger partial charge is 0.492 e. The van der Waals surface area contributed by atoms with Gasteiger partial charge in [-0.2, -0.15) is 0 Å². The van der Waals surface area contributed by atoms with Crippen LogP contribution in [0.1, 0.15) is 37.7 Å². The van der Waals surface area contributed by atoms with E-state index in [2.05, 4.69) is 33.4 Å². The summed E-state index contributed by atoms with van der Waals surface area (Å²) in [4.78, 5) is 0. The summed E-state index contributed by atoms with van der Waals surface area (Å²) >= 11 is 3.56. The van der Waals surface area contributed by atoms with Gasteiger partial charge in [-0.3, -0.25) is 0 Å². The highest BCUT2D eigenvalue weighted by Crippen LogP contribution is 2.27. The average Bonchev–Trinajstić information content (AvgIpc) is 3.22. The van der Waals surface area contributed by atoms with Crippen LogP contribution in [0.2, 0.25) is 0 Å². The minimum Gasteiger partial charge on any atom is -0.492 e. The number of hydrogen-bond acceptors (Lipinski definition) is 3. The zero-order valence-electron chi connectivity index (χ0n) is 11.2. The Kier molecular flexibility index (Phi) is 6.14. The summed E-state index contributed by atoms with van der Waals surface area (Å²) in [7, 11) is 0. The molecule has 1 fully saturated rings. The van der Waals surface area contributed by atoms with Crippen LogP contribution in [0.3, 0.4) is 0 Å². The maximum absolute atomic E-state index is 8.70. The van der Waals surface area contributed by atoms with Crippen LogP contribution in [0.15, 0.2) is 22.7 Å². The van der Waals surface area contributed by atoms with Crippen molar-refractivity contribution in [2.24, 2.45) is 0 Å². The zero-order chi connectivity index (χ0) is 13.5. The summed E-state index contributed by atoms with van der Waals surface area (Å²) < 4.78 is 6.75. The number of nitrogens with one attached hydrogen (secondary N) is 1. The highest BCUT2D eigenvalue weighted by molar-refractivity contribution is 9.10. The van der Waals surface area contributed by atoms with Crippen molar-refractivity contribution in [3.8, 4) is 5.75 Å². The van der Waals surface area contributed by atoms with Gasteiger partial charge in [0.15, 0.2) is 0 Å². The quantitative estimate of drug-likeness (QED) is 0.684. The smallest absolute Gasteiger partial charge is 0.133 e. The molecule has 19 heavy (non-hydrogen) atoms. The number of unbranched alkanes of at least 4 members (excludes halogenated alkanes) is 2. The minimum absolute atomic E-state index is 0.270. The topological polar surface area (TPSA) is 41.5 Å². The SMILES string of the molecule is OCCCCCOc1ccc(CNC2CC2)cc1Br. The van der Waals surface area contributed by atoms with Crippen LogP contribution in [0.4, 0.5) is 0 Å². The molecule has 0 atom stereocenters. The number of aliphatic hydroxyl groups is 1. The number of halogens is 1. The average molecular weight is 328 g/mol. The molecule has 106 valence electrons. The van der Waals surface area contributed by atoms with Crippen molar-refractivity contribution >= 4 is 15.9 Å².